The van der Waals surface area contributed by atoms with Crippen molar-refractivity contribution in [2.24, 2.45) is 0 Å². The van der Waals surface area contributed by atoms with Crippen LogP contribution in [-0.4, -0.2) is 9.97 Å². The molecule has 0 N–H and O–H groups in total. The zero-order valence-electron chi connectivity index (χ0n) is 19.8. The summed E-state index contributed by atoms with van der Waals surface area (Å²) in [5.74, 6) is 0. The number of rotatable bonds is 2. The van der Waals surface area contributed by atoms with Gasteiger partial charge in [-0.2, -0.15) is 0 Å². The molecule has 37 heavy (non-hydrogen) atoms. The van der Waals surface area contributed by atoms with Gasteiger partial charge in [-0.1, -0.05) is 103 Å². The zero-order valence-corrected chi connectivity index (χ0v) is 20.7. The first kappa shape index (κ1) is 20.6. The van der Waals surface area contributed by atoms with E-state index < -0.39 is 0 Å². The summed E-state index contributed by atoms with van der Waals surface area (Å²) in [5, 5.41) is 7.42. The molecule has 0 saturated heterocycles. The summed E-state index contributed by atoms with van der Waals surface area (Å²) in [5.41, 5.74) is 5.82. The molecule has 0 spiro atoms. The van der Waals surface area contributed by atoms with Crippen molar-refractivity contribution >= 4 is 64.1 Å². The minimum atomic E-state index is 0.909. The van der Waals surface area contributed by atoms with Crippen LogP contribution in [-0.2, 0) is 0 Å². The predicted molar refractivity (Wildman–Crippen MR) is 158 cm³/mol. The number of hydrogen-bond donors (Lipinski definition) is 0. The SMILES string of the molecule is c1ccc(-c2nc3ccc4ccccc4c3nc2-c2ccc3ccc4c5ccccc5sc4c3c2)cc1. The van der Waals surface area contributed by atoms with Crippen LogP contribution in [0.1, 0.15) is 0 Å². The highest BCUT2D eigenvalue weighted by molar-refractivity contribution is 7.26. The Balaban J connectivity index is 1.47. The van der Waals surface area contributed by atoms with Gasteiger partial charge in [-0.25, -0.2) is 9.97 Å². The molecule has 3 heteroatoms. The Kier molecular flexibility index (Phi) is 4.42. The number of fused-ring (bicyclic) bond motifs is 8. The highest BCUT2D eigenvalue weighted by Gasteiger charge is 2.16. The summed E-state index contributed by atoms with van der Waals surface area (Å²) >= 11 is 1.86. The Bertz CT molecular complexity index is 2140. The Hall–Kier alpha value is -4.60. The highest BCUT2D eigenvalue weighted by atomic mass is 32.1. The number of nitrogens with zero attached hydrogens (tertiary/aromatic N) is 2. The zero-order chi connectivity index (χ0) is 24.3. The van der Waals surface area contributed by atoms with Crippen molar-refractivity contribution in [2.75, 3.05) is 0 Å². The van der Waals surface area contributed by atoms with Crippen LogP contribution in [0.4, 0.5) is 0 Å². The molecule has 6 aromatic carbocycles. The van der Waals surface area contributed by atoms with E-state index in [0.29, 0.717) is 0 Å². The van der Waals surface area contributed by atoms with Crippen molar-refractivity contribution in [1.29, 1.82) is 0 Å². The van der Waals surface area contributed by atoms with E-state index in [2.05, 4.69) is 115 Å². The van der Waals surface area contributed by atoms with Crippen molar-refractivity contribution in [3.63, 3.8) is 0 Å². The standard InChI is InChI=1S/C34H20N2S/c1-2-9-23(10-3-1)31-32(36-33-25-11-5-4-8-21(25)17-19-29(33)35-31)24-15-14-22-16-18-27-26-12-6-7-13-30(26)37-34(27)28(22)20-24/h1-20H. The Morgan fingerprint density at radius 2 is 1.16 bits per heavy atom. The van der Waals surface area contributed by atoms with E-state index in [9.17, 15) is 0 Å². The predicted octanol–water partition coefficient (Wildman–Crippen LogP) is 9.64. The first-order valence-electron chi connectivity index (χ1n) is 12.4. The van der Waals surface area contributed by atoms with Gasteiger partial charge in [0, 0.05) is 42.1 Å². The minimum absolute atomic E-state index is 0.909. The van der Waals surface area contributed by atoms with Crippen LogP contribution in [0.25, 0.3) is 75.3 Å². The van der Waals surface area contributed by atoms with Crippen molar-refractivity contribution in [3.8, 4) is 22.5 Å². The van der Waals surface area contributed by atoms with E-state index in [1.807, 2.05) is 17.4 Å². The van der Waals surface area contributed by atoms with Crippen LogP contribution in [0, 0.1) is 0 Å². The Morgan fingerprint density at radius 1 is 0.459 bits per heavy atom. The monoisotopic (exact) mass is 488 g/mol. The fourth-order valence-electron chi connectivity index (χ4n) is 5.44. The van der Waals surface area contributed by atoms with Gasteiger partial charge in [0.2, 0.25) is 0 Å². The lowest BCUT2D eigenvalue weighted by molar-refractivity contribution is 1.30. The van der Waals surface area contributed by atoms with Gasteiger partial charge < -0.3 is 0 Å². The fourth-order valence-corrected chi connectivity index (χ4v) is 6.67. The van der Waals surface area contributed by atoms with E-state index in [4.69, 9.17) is 9.97 Å². The van der Waals surface area contributed by atoms with Crippen molar-refractivity contribution < 1.29 is 0 Å². The summed E-state index contributed by atoms with van der Waals surface area (Å²) in [6.07, 6.45) is 0. The fraction of sp³-hybridized carbons (Fsp3) is 0. The second kappa shape index (κ2) is 7.95. The number of aromatic nitrogens is 2. The maximum atomic E-state index is 5.32. The molecule has 0 aliphatic carbocycles. The summed E-state index contributed by atoms with van der Waals surface area (Å²) in [6, 6.07) is 42.9. The number of benzene rings is 6. The molecule has 2 aromatic heterocycles. The number of hydrogen-bond acceptors (Lipinski definition) is 3. The molecule has 8 rings (SSSR count). The van der Waals surface area contributed by atoms with Gasteiger partial charge in [0.15, 0.2) is 0 Å². The molecule has 172 valence electrons. The van der Waals surface area contributed by atoms with Crippen molar-refractivity contribution in [1.82, 2.24) is 9.97 Å². The molecule has 0 saturated carbocycles. The van der Waals surface area contributed by atoms with E-state index in [1.165, 1.54) is 36.3 Å². The molecular weight excluding hydrogens is 468 g/mol. The smallest absolute Gasteiger partial charge is 0.0973 e. The Labute approximate surface area is 217 Å². The third-order valence-corrected chi connectivity index (χ3v) is 8.46. The quantitative estimate of drug-likeness (QED) is 0.226. The third kappa shape index (κ3) is 3.18. The van der Waals surface area contributed by atoms with E-state index >= 15 is 0 Å². The van der Waals surface area contributed by atoms with E-state index in [0.717, 1.165) is 38.9 Å². The van der Waals surface area contributed by atoms with Crippen LogP contribution in [0.15, 0.2) is 121 Å². The third-order valence-electron chi connectivity index (χ3n) is 7.24. The second-order valence-corrected chi connectivity index (χ2v) is 10.5. The van der Waals surface area contributed by atoms with Gasteiger partial charge in [-0.05, 0) is 29.0 Å². The molecular formula is C34H20N2S. The molecule has 0 unspecified atom stereocenters. The molecule has 2 heterocycles. The normalized spacial score (nSPS) is 11.8. The van der Waals surface area contributed by atoms with Gasteiger partial charge >= 0.3 is 0 Å². The summed E-state index contributed by atoms with van der Waals surface area (Å²) in [4.78, 5) is 10.5. The second-order valence-electron chi connectivity index (χ2n) is 9.42. The lowest BCUT2D eigenvalue weighted by atomic mass is 9.99. The average Bonchev–Trinajstić information content (AvgIpc) is 3.36. The van der Waals surface area contributed by atoms with Gasteiger partial charge in [0.1, 0.15) is 0 Å². The van der Waals surface area contributed by atoms with Gasteiger partial charge in [0.25, 0.3) is 0 Å². The highest BCUT2D eigenvalue weighted by Crippen LogP contribution is 2.40. The molecule has 0 bridgehead atoms. The number of thiophene rings is 1. The van der Waals surface area contributed by atoms with Gasteiger partial charge in [-0.15, -0.1) is 11.3 Å². The molecule has 0 aliphatic heterocycles. The van der Waals surface area contributed by atoms with Crippen LogP contribution in [0.3, 0.4) is 0 Å². The van der Waals surface area contributed by atoms with Gasteiger partial charge in [-0.3, -0.25) is 0 Å². The maximum Gasteiger partial charge on any atom is 0.0973 e. The van der Waals surface area contributed by atoms with Crippen LogP contribution in [0.2, 0.25) is 0 Å². The summed E-state index contributed by atoms with van der Waals surface area (Å²) in [6.45, 7) is 0. The van der Waals surface area contributed by atoms with E-state index in [1.54, 1.807) is 0 Å². The lowest BCUT2D eigenvalue weighted by Crippen LogP contribution is -1.96. The van der Waals surface area contributed by atoms with Crippen LogP contribution < -0.4 is 0 Å². The first-order chi connectivity index (χ1) is 18.3. The molecule has 0 aliphatic rings. The Morgan fingerprint density at radius 3 is 2.08 bits per heavy atom. The minimum Gasteiger partial charge on any atom is -0.244 e. The van der Waals surface area contributed by atoms with Gasteiger partial charge in [0.05, 0.1) is 22.4 Å². The molecule has 2 nitrogen and oxygen atoms in total. The topological polar surface area (TPSA) is 25.8 Å². The lowest BCUT2D eigenvalue weighted by Gasteiger charge is -2.13. The average molecular weight is 489 g/mol. The van der Waals surface area contributed by atoms with Crippen molar-refractivity contribution in [3.05, 3.63) is 121 Å². The maximum absolute atomic E-state index is 5.32. The largest absolute Gasteiger partial charge is 0.244 e. The van der Waals surface area contributed by atoms with E-state index in [-0.39, 0.29) is 0 Å². The first-order valence-corrected chi connectivity index (χ1v) is 13.2. The summed E-state index contributed by atoms with van der Waals surface area (Å²) in [7, 11) is 0. The van der Waals surface area contributed by atoms with Crippen LogP contribution in [0.5, 0.6) is 0 Å². The molecule has 8 aromatic rings. The van der Waals surface area contributed by atoms with Crippen molar-refractivity contribution in [2.45, 2.75) is 0 Å². The molecule has 0 radical (unpaired) electrons. The summed E-state index contributed by atoms with van der Waals surface area (Å²) < 4.78 is 2.64. The molecule has 0 atom stereocenters. The van der Waals surface area contributed by atoms with Crippen LogP contribution >= 0.6 is 11.3 Å². The molecule has 0 fully saturated rings. The molecule has 0 amide bonds.